The highest BCUT2D eigenvalue weighted by Crippen LogP contribution is 2.09. The number of aldehydes is 1. The molecule has 0 radical (unpaired) electrons. The van der Waals surface area contributed by atoms with Crippen LogP contribution in [0.25, 0.3) is 0 Å². The number of nitrogens with one attached hydrogen (secondary N) is 1. The molecule has 5 N–H and O–H groups in total. The van der Waals surface area contributed by atoms with Crippen molar-refractivity contribution in [3.8, 4) is 0 Å². The number of nitrogens with zero attached hydrogens (tertiary/aromatic N) is 4. The summed E-state index contributed by atoms with van der Waals surface area (Å²) in [7, 11) is 3.77. The first-order chi connectivity index (χ1) is 13.4. The lowest BCUT2D eigenvalue weighted by molar-refractivity contribution is -0.121. The predicted octanol–water partition coefficient (Wildman–Crippen LogP) is 0.199. The molecular weight excluding hydrogens is 358 g/mol. The predicted molar refractivity (Wildman–Crippen MR) is 108 cm³/mol. The van der Waals surface area contributed by atoms with Crippen molar-refractivity contribution < 1.29 is 9.59 Å². The van der Waals surface area contributed by atoms with Gasteiger partial charge in [0.05, 0.1) is 12.6 Å². The van der Waals surface area contributed by atoms with Gasteiger partial charge in [0.2, 0.25) is 5.95 Å². The van der Waals surface area contributed by atoms with Gasteiger partial charge in [0.25, 0.3) is 5.91 Å². The fraction of sp³-hybridized carbons (Fsp3) is 0.316. The van der Waals surface area contributed by atoms with Gasteiger partial charge in [-0.1, -0.05) is 30.3 Å². The zero-order chi connectivity index (χ0) is 20.5. The average molecular weight is 385 g/mol. The van der Waals surface area contributed by atoms with Crippen molar-refractivity contribution in [2.24, 2.45) is 11.6 Å². The van der Waals surface area contributed by atoms with Gasteiger partial charge in [-0.15, -0.1) is 0 Å². The van der Waals surface area contributed by atoms with Gasteiger partial charge in [0, 0.05) is 39.2 Å². The summed E-state index contributed by atoms with van der Waals surface area (Å²) in [6, 6.07) is 8.89. The first-order valence-electron chi connectivity index (χ1n) is 8.88. The first-order valence-corrected chi connectivity index (χ1v) is 8.88. The van der Waals surface area contributed by atoms with E-state index in [1.54, 1.807) is 6.20 Å². The number of imidazole rings is 1. The lowest BCUT2D eigenvalue weighted by Crippen LogP contribution is -2.40. The average Bonchev–Trinajstić information content (AvgIpc) is 3.14. The summed E-state index contributed by atoms with van der Waals surface area (Å²) in [6.45, 7) is 0.928. The molecule has 1 heterocycles. The lowest BCUT2D eigenvalue weighted by Gasteiger charge is -2.18. The Morgan fingerprint density at radius 2 is 2.04 bits per heavy atom. The molecule has 0 aliphatic carbocycles. The third-order valence-electron chi connectivity index (χ3n) is 4.03. The number of hydrogen-bond donors (Lipinski definition) is 3. The fourth-order valence-electron chi connectivity index (χ4n) is 2.65. The van der Waals surface area contributed by atoms with Gasteiger partial charge in [0.15, 0.2) is 0 Å². The third kappa shape index (κ3) is 6.13. The Bertz CT molecular complexity index is 802. The van der Waals surface area contributed by atoms with Crippen LogP contribution in [-0.2, 0) is 22.7 Å². The Labute approximate surface area is 164 Å². The molecule has 150 valence electrons. The van der Waals surface area contributed by atoms with Gasteiger partial charge in [-0.05, 0) is 12.0 Å². The quantitative estimate of drug-likeness (QED) is 0.231. The second-order valence-electron chi connectivity index (χ2n) is 6.56. The van der Waals surface area contributed by atoms with Gasteiger partial charge < -0.3 is 30.3 Å². The smallest absolute Gasteiger partial charge is 0.269 e. The summed E-state index contributed by atoms with van der Waals surface area (Å²) >= 11 is 0. The van der Waals surface area contributed by atoms with Gasteiger partial charge >= 0.3 is 0 Å². The summed E-state index contributed by atoms with van der Waals surface area (Å²) in [5, 5.41) is 3.95. The number of rotatable bonds is 10. The largest absolute Gasteiger partial charge is 0.393 e. The maximum Gasteiger partial charge on any atom is 0.269 e. The number of amides is 1. The summed E-state index contributed by atoms with van der Waals surface area (Å²) in [6.07, 6.45) is 5.97. The zero-order valence-electron chi connectivity index (χ0n) is 16.2. The fourth-order valence-corrected chi connectivity index (χ4v) is 2.65. The van der Waals surface area contributed by atoms with Crippen LogP contribution < -0.4 is 21.8 Å². The van der Waals surface area contributed by atoms with Crippen LogP contribution in [0.2, 0.25) is 0 Å². The number of aryl methyl sites for hydroxylation is 1. The second-order valence-corrected chi connectivity index (χ2v) is 6.56. The Morgan fingerprint density at radius 1 is 1.32 bits per heavy atom. The molecular formula is C19H27N7O2. The number of hydrogen-bond acceptors (Lipinski definition) is 7. The van der Waals surface area contributed by atoms with Crippen molar-refractivity contribution in [1.82, 2.24) is 19.9 Å². The van der Waals surface area contributed by atoms with Crippen LogP contribution in [-0.4, -0.2) is 46.9 Å². The van der Waals surface area contributed by atoms with E-state index in [9.17, 15) is 9.59 Å². The van der Waals surface area contributed by atoms with E-state index >= 15 is 0 Å². The highest BCUT2D eigenvalue weighted by molar-refractivity contribution is 5.93. The molecule has 0 fully saturated rings. The minimum Gasteiger partial charge on any atom is -0.393 e. The first kappa shape index (κ1) is 21.0. The summed E-state index contributed by atoms with van der Waals surface area (Å²) < 4.78 is 1.91. The van der Waals surface area contributed by atoms with Crippen molar-refractivity contribution in [2.45, 2.75) is 25.6 Å². The minimum absolute atomic E-state index is 0.0677. The number of carbonyl (C=O) groups excluding carboxylic acids is 2. The molecule has 0 aliphatic heterocycles. The van der Waals surface area contributed by atoms with E-state index in [1.807, 2.05) is 60.1 Å². The maximum absolute atomic E-state index is 12.3. The lowest BCUT2D eigenvalue weighted by atomic mass is 10.2. The van der Waals surface area contributed by atoms with Crippen LogP contribution in [0.15, 0.2) is 54.6 Å². The molecule has 1 aromatic heterocycles. The van der Waals surface area contributed by atoms with Gasteiger partial charge in [-0.2, -0.15) is 0 Å². The van der Waals surface area contributed by atoms with Gasteiger partial charge in [-0.3, -0.25) is 4.79 Å². The van der Waals surface area contributed by atoms with E-state index in [2.05, 4.69) is 10.3 Å². The van der Waals surface area contributed by atoms with Gasteiger partial charge in [0.1, 0.15) is 12.0 Å². The van der Waals surface area contributed by atoms with Crippen LogP contribution in [0.1, 0.15) is 12.0 Å². The number of hydrazine groups is 1. The molecule has 28 heavy (non-hydrogen) atoms. The van der Waals surface area contributed by atoms with E-state index in [1.165, 1.54) is 11.2 Å². The topological polar surface area (TPSA) is 123 Å². The normalized spacial score (nSPS) is 12.3. The maximum atomic E-state index is 12.3. The van der Waals surface area contributed by atoms with Crippen molar-refractivity contribution in [2.75, 3.05) is 19.0 Å². The Kier molecular flexibility index (Phi) is 7.58. The Balaban J connectivity index is 1.89. The number of anilines is 1. The molecule has 0 aliphatic rings. The molecule has 0 saturated carbocycles. The van der Waals surface area contributed by atoms with Crippen molar-refractivity contribution in [3.63, 3.8) is 0 Å². The molecule has 9 nitrogen and oxygen atoms in total. The SMILES string of the molecule is CN(C)c1nccn1CCC(C=O)NC(=O)/C(N)=C/N(N)Cc1ccccc1. The van der Waals surface area contributed by atoms with E-state index in [-0.39, 0.29) is 5.70 Å². The molecule has 2 aromatic rings. The van der Waals surface area contributed by atoms with Crippen LogP contribution in [0.5, 0.6) is 0 Å². The Hall–Kier alpha value is -3.33. The molecule has 1 aromatic carbocycles. The highest BCUT2D eigenvalue weighted by Gasteiger charge is 2.15. The van der Waals surface area contributed by atoms with E-state index in [0.717, 1.165) is 11.5 Å². The monoisotopic (exact) mass is 385 g/mol. The highest BCUT2D eigenvalue weighted by atomic mass is 16.2. The van der Waals surface area contributed by atoms with Gasteiger partial charge in [-0.25, -0.2) is 10.8 Å². The molecule has 0 bridgehead atoms. The summed E-state index contributed by atoms with van der Waals surface area (Å²) in [5.41, 5.74) is 6.73. The van der Waals surface area contributed by atoms with Crippen molar-refractivity contribution in [3.05, 3.63) is 60.2 Å². The number of benzene rings is 1. The zero-order valence-corrected chi connectivity index (χ0v) is 16.2. The van der Waals surface area contributed by atoms with E-state index in [0.29, 0.717) is 25.8 Å². The van der Waals surface area contributed by atoms with Crippen LogP contribution in [0.4, 0.5) is 5.95 Å². The molecule has 9 heteroatoms. The van der Waals surface area contributed by atoms with Crippen LogP contribution in [0, 0.1) is 0 Å². The third-order valence-corrected chi connectivity index (χ3v) is 4.03. The number of nitrogens with two attached hydrogens (primary N) is 2. The standard InChI is InChI=1S/C19H27N7O2/c1-24(2)19-22-9-11-25(19)10-8-16(14-27)23-18(28)17(20)13-26(21)12-15-6-4-3-5-7-15/h3-7,9,11,13-14,16H,8,10,12,20-21H2,1-2H3,(H,23,28)/b17-13-. The molecule has 0 saturated heterocycles. The van der Waals surface area contributed by atoms with Crippen LogP contribution in [0.3, 0.4) is 0 Å². The summed E-state index contributed by atoms with van der Waals surface area (Å²) in [4.78, 5) is 29.7. The van der Waals surface area contributed by atoms with Crippen molar-refractivity contribution in [1.29, 1.82) is 0 Å². The van der Waals surface area contributed by atoms with Crippen molar-refractivity contribution >= 4 is 18.1 Å². The number of aromatic nitrogens is 2. The van der Waals surface area contributed by atoms with Crippen LogP contribution >= 0.6 is 0 Å². The molecule has 0 spiro atoms. The minimum atomic E-state index is -0.669. The number of carbonyl (C=O) groups is 2. The molecule has 1 unspecified atom stereocenters. The van der Waals surface area contributed by atoms with E-state index in [4.69, 9.17) is 11.6 Å². The molecule has 2 rings (SSSR count). The second kappa shape index (κ2) is 10.1. The Morgan fingerprint density at radius 3 is 2.68 bits per heavy atom. The molecule has 1 atom stereocenters. The summed E-state index contributed by atoms with van der Waals surface area (Å²) in [5.74, 6) is 6.12. The van der Waals surface area contributed by atoms with E-state index < -0.39 is 11.9 Å². The molecule has 1 amide bonds.